The van der Waals surface area contributed by atoms with Crippen LogP contribution in [0.3, 0.4) is 0 Å². The number of hydrogen-bond acceptors (Lipinski definition) is 3. The zero-order chi connectivity index (χ0) is 11.6. The standard InChI is InChI=1S/C11H24N2S/c1-9(10(2,3)4)12-13(7)8-11(5,6)14/h14H,8H2,1-7H3/b12-9-. The van der Waals surface area contributed by atoms with Crippen LogP contribution in [0.15, 0.2) is 5.10 Å². The molecule has 0 saturated carbocycles. The molecule has 0 heterocycles. The van der Waals surface area contributed by atoms with Gasteiger partial charge in [-0.05, 0) is 20.8 Å². The Morgan fingerprint density at radius 3 is 1.93 bits per heavy atom. The molecular formula is C11H24N2S. The molecular weight excluding hydrogens is 192 g/mol. The Kier molecular flexibility index (Phi) is 4.50. The van der Waals surface area contributed by atoms with Gasteiger partial charge in [-0.1, -0.05) is 20.8 Å². The number of hydrogen-bond donors (Lipinski definition) is 1. The molecule has 0 saturated heterocycles. The van der Waals surface area contributed by atoms with E-state index >= 15 is 0 Å². The topological polar surface area (TPSA) is 15.6 Å². The quantitative estimate of drug-likeness (QED) is 0.435. The lowest BCUT2D eigenvalue weighted by atomic mass is 9.91. The molecule has 0 aliphatic rings. The maximum Gasteiger partial charge on any atom is 0.0496 e. The van der Waals surface area contributed by atoms with Crippen LogP contribution in [0.1, 0.15) is 41.5 Å². The van der Waals surface area contributed by atoms with Crippen molar-refractivity contribution in [3.8, 4) is 0 Å². The average Bonchev–Trinajstić information content (AvgIpc) is 1.79. The van der Waals surface area contributed by atoms with E-state index in [4.69, 9.17) is 0 Å². The predicted molar refractivity (Wildman–Crippen MR) is 68.3 cm³/mol. The van der Waals surface area contributed by atoms with Gasteiger partial charge < -0.3 is 0 Å². The smallest absolute Gasteiger partial charge is 0.0496 e. The van der Waals surface area contributed by atoms with Crippen LogP contribution in [0.25, 0.3) is 0 Å². The van der Waals surface area contributed by atoms with Crippen molar-refractivity contribution in [3.63, 3.8) is 0 Å². The summed E-state index contributed by atoms with van der Waals surface area (Å²) in [6.45, 7) is 13.6. The van der Waals surface area contributed by atoms with Gasteiger partial charge >= 0.3 is 0 Å². The van der Waals surface area contributed by atoms with Crippen LogP contribution in [0.2, 0.25) is 0 Å². The number of thiol groups is 1. The van der Waals surface area contributed by atoms with Gasteiger partial charge in [-0.2, -0.15) is 17.7 Å². The summed E-state index contributed by atoms with van der Waals surface area (Å²) in [6.07, 6.45) is 0. The normalized spacial score (nSPS) is 14.4. The van der Waals surface area contributed by atoms with Crippen LogP contribution >= 0.6 is 12.6 Å². The molecule has 0 unspecified atom stereocenters. The monoisotopic (exact) mass is 216 g/mol. The first-order valence-electron chi connectivity index (χ1n) is 5.01. The Labute approximate surface area is 94.2 Å². The Morgan fingerprint density at radius 2 is 1.64 bits per heavy atom. The average molecular weight is 216 g/mol. The summed E-state index contributed by atoms with van der Waals surface area (Å²) < 4.78 is -0.00356. The second-order valence-corrected chi connectivity index (χ2v) is 6.77. The van der Waals surface area contributed by atoms with Crippen LogP contribution in [-0.4, -0.2) is 29.1 Å². The lowest BCUT2D eigenvalue weighted by molar-refractivity contribution is 0.322. The minimum atomic E-state index is -0.00356. The molecule has 2 nitrogen and oxygen atoms in total. The van der Waals surface area contributed by atoms with Crippen LogP contribution in [0.5, 0.6) is 0 Å². The van der Waals surface area contributed by atoms with Gasteiger partial charge in [-0.3, -0.25) is 5.01 Å². The first-order valence-corrected chi connectivity index (χ1v) is 5.46. The molecule has 0 N–H and O–H groups in total. The summed E-state index contributed by atoms with van der Waals surface area (Å²) >= 11 is 4.48. The highest BCUT2D eigenvalue weighted by molar-refractivity contribution is 7.81. The second-order valence-electron chi connectivity index (χ2n) is 5.56. The Hall–Kier alpha value is -0.180. The molecule has 0 amide bonds. The number of nitrogens with zero attached hydrogens (tertiary/aromatic N) is 2. The fourth-order valence-electron chi connectivity index (χ4n) is 1.00. The third-order valence-electron chi connectivity index (χ3n) is 2.02. The van der Waals surface area contributed by atoms with Crippen LogP contribution < -0.4 is 0 Å². The molecule has 0 fully saturated rings. The fraction of sp³-hybridized carbons (Fsp3) is 0.909. The molecule has 0 aromatic rings. The Balaban J connectivity index is 4.38. The van der Waals surface area contributed by atoms with Gasteiger partial charge in [0.1, 0.15) is 0 Å². The first-order chi connectivity index (χ1) is 6.02. The highest BCUT2D eigenvalue weighted by atomic mass is 32.1. The summed E-state index contributed by atoms with van der Waals surface area (Å²) in [6, 6.07) is 0. The van der Waals surface area contributed by atoms with E-state index in [1.54, 1.807) is 0 Å². The van der Waals surface area contributed by atoms with E-state index in [0.717, 1.165) is 12.3 Å². The van der Waals surface area contributed by atoms with Crippen molar-refractivity contribution in [3.05, 3.63) is 0 Å². The predicted octanol–water partition coefficient (Wildman–Crippen LogP) is 3.05. The van der Waals surface area contributed by atoms with Crippen molar-refractivity contribution in [1.82, 2.24) is 5.01 Å². The van der Waals surface area contributed by atoms with Crippen LogP contribution in [-0.2, 0) is 0 Å². The second kappa shape index (κ2) is 4.56. The van der Waals surface area contributed by atoms with Gasteiger partial charge in [-0.15, -0.1) is 0 Å². The van der Waals surface area contributed by atoms with E-state index in [9.17, 15) is 0 Å². The Morgan fingerprint density at radius 1 is 1.21 bits per heavy atom. The van der Waals surface area contributed by atoms with Crippen molar-refractivity contribution in [2.75, 3.05) is 13.6 Å². The van der Waals surface area contributed by atoms with Gasteiger partial charge in [0.25, 0.3) is 0 Å². The third kappa shape index (κ3) is 6.30. The number of hydrazone groups is 1. The summed E-state index contributed by atoms with van der Waals surface area (Å²) in [5.74, 6) is 0. The maximum atomic E-state index is 4.53. The van der Waals surface area contributed by atoms with E-state index in [-0.39, 0.29) is 10.2 Å². The molecule has 0 rings (SSSR count). The minimum Gasteiger partial charge on any atom is -0.299 e. The van der Waals surface area contributed by atoms with Crippen molar-refractivity contribution in [2.24, 2.45) is 10.5 Å². The van der Waals surface area contributed by atoms with E-state index in [1.165, 1.54) is 0 Å². The minimum absolute atomic E-state index is 0.00356. The van der Waals surface area contributed by atoms with Gasteiger partial charge in [0.2, 0.25) is 0 Å². The molecule has 14 heavy (non-hydrogen) atoms. The zero-order valence-electron chi connectivity index (χ0n) is 10.5. The van der Waals surface area contributed by atoms with E-state index in [0.29, 0.717) is 0 Å². The number of rotatable bonds is 3. The largest absolute Gasteiger partial charge is 0.299 e. The first kappa shape index (κ1) is 13.8. The molecule has 84 valence electrons. The van der Waals surface area contributed by atoms with E-state index in [1.807, 2.05) is 12.1 Å². The lowest BCUT2D eigenvalue weighted by Gasteiger charge is -2.26. The highest BCUT2D eigenvalue weighted by Gasteiger charge is 2.17. The van der Waals surface area contributed by atoms with E-state index < -0.39 is 0 Å². The molecule has 0 aliphatic carbocycles. The summed E-state index contributed by atoms with van der Waals surface area (Å²) in [5.41, 5.74) is 1.30. The van der Waals surface area contributed by atoms with Crippen LogP contribution in [0.4, 0.5) is 0 Å². The highest BCUT2D eigenvalue weighted by Crippen LogP contribution is 2.18. The summed E-state index contributed by atoms with van der Waals surface area (Å²) in [7, 11) is 1.99. The summed E-state index contributed by atoms with van der Waals surface area (Å²) in [4.78, 5) is 0. The maximum absolute atomic E-state index is 4.53. The molecule has 0 bridgehead atoms. The third-order valence-corrected chi connectivity index (χ3v) is 2.16. The molecule has 0 aromatic carbocycles. The molecule has 0 spiro atoms. The van der Waals surface area contributed by atoms with Gasteiger partial charge in [-0.25, -0.2) is 0 Å². The van der Waals surface area contributed by atoms with Gasteiger partial charge in [0, 0.05) is 29.5 Å². The molecule has 3 heteroatoms. The van der Waals surface area contributed by atoms with Crippen LogP contribution in [0, 0.1) is 5.41 Å². The molecule has 0 aromatic heterocycles. The molecule has 0 aliphatic heterocycles. The SMILES string of the molecule is C/C(=N/N(C)CC(C)(C)S)C(C)(C)C. The fourth-order valence-corrected chi connectivity index (χ4v) is 1.21. The van der Waals surface area contributed by atoms with Crippen molar-refractivity contribution in [1.29, 1.82) is 0 Å². The van der Waals surface area contributed by atoms with Gasteiger partial charge in [0.15, 0.2) is 0 Å². The van der Waals surface area contributed by atoms with Crippen molar-refractivity contribution >= 4 is 18.3 Å². The summed E-state index contributed by atoms with van der Waals surface area (Å²) in [5, 5.41) is 6.50. The van der Waals surface area contributed by atoms with Gasteiger partial charge in [0.05, 0.1) is 0 Å². The Bertz CT molecular complexity index is 208. The van der Waals surface area contributed by atoms with E-state index in [2.05, 4.69) is 59.3 Å². The molecule has 0 radical (unpaired) electrons. The molecule has 0 atom stereocenters. The van der Waals surface area contributed by atoms with Crippen molar-refractivity contribution in [2.45, 2.75) is 46.3 Å². The lowest BCUT2D eigenvalue weighted by Crippen LogP contribution is -2.31. The zero-order valence-corrected chi connectivity index (χ0v) is 11.4. The van der Waals surface area contributed by atoms with Crippen molar-refractivity contribution < 1.29 is 0 Å².